The summed E-state index contributed by atoms with van der Waals surface area (Å²) in [6.45, 7) is 5.84. The van der Waals surface area contributed by atoms with E-state index in [-0.39, 0.29) is 11.6 Å². The Hall–Kier alpha value is -0.870. The molecule has 4 nitrogen and oxygen atoms in total. The number of aromatic nitrogens is 2. The van der Waals surface area contributed by atoms with E-state index >= 15 is 0 Å². The number of nitrogens with zero attached hydrogens (tertiary/aromatic N) is 2. The van der Waals surface area contributed by atoms with Gasteiger partial charge in [0.15, 0.2) is 0 Å². The van der Waals surface area contributed by atoms with Crippen molar-refractivity contribution >= 4 is 0 Å². The molecular formula is C16H29N3O. The van der Waals surface area contributed by atoms with Crippen LogP contribution in [0, 0.1) is 0 Å². The highest BCUT2D eigenvalue weighted by Gasteiger charge is 2.37. The van der Waals surface area contributed by atoms with E-state index in [0.717, 1.165) is 32.4 Å². The van der Waals surface area contributed by atoms with Gasteiger partial charge in [-0.05, 0) is 38.7 Å². The predicted octanol–water partition coefficient (Wildman–Crippen LogP) is 2.90. The van der Waals surface area contributed by atoms with Crippen LogP contribution in [0.1, 0.15) is 57.9 Å². The monoisotopic (exact) mass is 279 g/mol. The fraction of sp³-hybridized carbons (Fsp3) is 0.812. The van der Waals surface area contributed by atoms with Crippen molar-refractivity contribution in [2.75, 3.05) is 6.61 Å². The molecule has 1 aliphatic rings. The zero-order valence-electron chi connectivity index (χ0n) is 13.0. The second-order valence-corrected chi connectivity index (χ2v) is 5.93. The second-order valence-electron chi connectivity index (χ2n) is 5.93. The quantitative estimate of drug-likeness (QED) is 0.815. The molecule has 1 unspecified atom stereocenters. The number of hydrogen-bond acceptors (Lipinski definition) is 3. The van der Waals surface area contributed by atoms with E-state index < -0.39 is 0 Å². The molecule has 1 heterocycles. The summed E-state index contributed by atoms with van der Waals surface area (Å²) in [7, 11) is 0. The smallest absolute Gasteiger partial charge is 0.0835 e. The Morgan fingerprint density at radius 2 is 2.00 bits per heavy atom. The summed E-state index contributed by atoms with van der Waals surface area (Å²) in [5, 5.41) is 4.34. The largest absolute Gasteiger partial charge is 0.374 e. The molecule has 114 valence electrons. The summed E-state index contributed by atoms with van der Waals surface area (Å²) < 4.78 is 8.13. The Labute approximate surface area is 122 Å². The van der Waals surface area contributed by atoms with Gasteiger partial charge >= 0.3 is 0 Å². The van der Waals surface area contributed by atoms with Crippen molar-refractivity contribution < 1.29 is 4.74 Å². The molecule has 2 N–H and O–H groups in total. The maximum Gasteiger partial charge on any atom is 0.0835 e. The van der Waals surface area contributed by atoms with Crippen molar-refractivity contribution in [2.24, 2.45) is 5.73 Å². The van der Waals surface area contributed by atoms with E-state index in [2.05, 4.69) is 25.1 Å². The third-order valence-corrected chi connectivity index (χ3v) is 4.52. The lowest BCUT2D eigenvalue weighted by atomic mass is 9.83. The summed E-state index contributed by atoms with van der Waals surface area (Å²) in [4.78, 5) is 0. The van der Waals surface area contributed by atoms with Gasteiger partial charge in [0.05, 0.1) is 11.8 Å². The van der Waals surface area contributed by atoms with Gasteiger partial charge in [-0.25, -0.2) is 0 Å². The first-order valence-corrected chi connectivity index (χ1v) is 8.11. The number of aryl methyl sites for hydroxylation is 1. The third kappa shape index (κ3) is 3.61. The van der Waals surface area contributed by atoms with E-state index in [1.165, 1.54) is 31.2 Å². The minimum absolute atomic E-state index is 0.0649. The van der Waals surface area contributed by atoms with Gasteiger partial charge in [-0.15, -0.1) is 0 Å². The lowest BCUT2D eigenvalue weighted by Crippen LogP contribution is -2.51. The topological polar surface area (TPSA) is 53.1 Å². The van der Waals surface area contributed by atoms with Crippen LogP contribution in [0.4, 0.5) is 0 Å². The molecule has 0 aromatic carbocycles. The van der Waals surface area contributed by atoms with E-state index in [1.807, 2.05) is 10.9 Å². The van der Waals surface area contributed by atoms with Gasteiger partial charge in [0.25, 0.3) is 0 Å². The average molecular weight is 279 g/mol. The van der Waals surface area contributed by atoms with E-state index in [0.29, 0.717) is 0 Å². The predicted molar refractivity (Wildman–Crippen MR) is 81.6 cm³/mol. The fourth-order valence-electron chi connectivity index (χ4n) is 3.36. The van der Waals surface area contributed by atoms with Crippen LogP contribution in [0.2, 0.25) is 0 Å². The highest BCUT2D eigenvalue weighted by molar-refractivity contribution is 5.09. The summed E-state index contributed by atoms with van der Waals surface area (Å²) in [5.74, 6) is 0. The molecule has 0 bridgehead atoms. The molecular weight excluding hydrogens is 250 g/mol. The summed E-state index contributed by atoms with van der Waals surface area (Å²) in [6, 6.07) is 0.0649. The standard InChI is InChI=1S/C16H29N3O/c1-3-19-13-14(12-18-19)11-15(17)16(20-4-2)9-7-5-6-8-10-16/h12-13,15H,3-11,17H2,1-2H3. The summed E-state index contributed by atoms with van der Waals surface area (Å²) in [6.07, 6.45) is 12.2. The van der Waals surface area contributed by atoms with Gasteiger partial charge < -0.3 is 10.5 Å². The first kappa shape index (κ1) is 15.5. The molecule has 1 saturated carbocycles. The van der Waals surface area contributed by atoms with Crippen LogP contribution in [0.25, 0.3) is 0 Å². The van der Waals surface area contributed by atoms with Crippen molar-refractivity contribution in [3.63, 3.8) is 0 Å². The van der Waals surface area contributed by atoms with Gasteiger partial charge in [-0.1, -0.05) is 25.7 Å². The van der Waals surface area contributed by atoms with Crippen LogP contribution in [-0.4, -0.2) is 28.0 Å². The highest BCUT2D eigenvalue weighted by Crippen LogP contribution is 2.34. The van der Waals surface area contributed by atoms with Crippen LogP contribution >= 0.6 is 0 Å². The minimum atomic E-state index is -0.125. The van der Waals surface area contributed by atoms with Crippen molar-refractivity contribution in [1.29, 1.82) is 0 Å². The molecule has 1 aromatic rings. The molecule has 2 rings (SSSR count). The lowest BCUT2D eigenvalue weighted by molar-refractivity contribution is -0.0683. The average Bonchev–Trinajstić information content (AvgIpc) is 2.76. The Balaban J connectivity index is 2.07. The summed E-state index contributed by atoms with van der Waals surface area (Å²) in [5.41, 5.74) is 7.66. The third-order valence-electron chi connectivity index (χ3n) is 4.52. The normalized spacial score (nSPS) is 20.6. The first-order chi connectivity index (χ1) is 9.70. The molecule has 20 heavy (non-hydrogen) atoms. The van der Waals surface area contributed by atoms with Crippen molar-refractivity contribution in [3.8, 4) is 0 Å². The number of rotatable bonds is 6. The van der Waals surface area contributed by atoms with Crippen LogP contribution in [0.5, 0.6) is 0 Å². The maximum atomic E-state index is 6.56. The van der Waals surface area contributed by atoms with Crippen molar-refractivity contribution in [1.82, 2.24) is 9.78 Å². The first-order valence-electron chi connectivity index (χ1n) is 8.11. The summed E-state index contributed by atoms with van der Waals surface area (Å²) >= 11 is 0. The Morgan fingerprint density at radius 1 is 1.30 bits per heavy atom. The Bertz CT molecular complexity index is 394. The second kappa shape index (κ2) is 7.23. The number of hydrogen-bond donors (Lipinski definition) is 1. The van der Waals surface area contributed by atoms with Gasteiger partial charge in [0, 0.05) is 25.4 Å². The molecule has 0 spiro atoms. The van der Waals surface area contributed by atoms with E-state index in [1.54, 1.807) is 0 Å². The van der Waals surface area contributed by atoms with Crippen molar-refractivity contribution in [3.05, 3.63) is 18.0 Å². The molecule has 1 fully saturated rings. The molecule has 0 amide bonds. The van der Waals surface area contributed by atoms with Gasteiger partial charge in [0.1, 0.15) is 0 Å². The fourth-order valence-corrected chi connectivity index (χ4v) is 3.36. The van der Waals surface area contributed by atoms with E-state index in [9.17, 15) is 0 Å². The molecule has 4 heteroatoms. The van der Waals surface area contributed by atoms with E-state index in [4.69, 9.17) is 10.5 Å². The van der Waals surface area contributed by atoms with Gasteiger partial charge in [-0.2, -0.15) is 5.10 Å². The molecule has 1 aromatic heterocycles. The van der Waals surface area contributed by atoms with Crippen molar-refractivity contribution in [2.45, 2.75) is 77.0 Å². The SMILES string of the molecule is CCOC1(C(N)Cc2cnn(CC)c2)CCCCCC1. The van der Waals surface area contributed by atoms with Crippen LogP contribution < -0.4 is 5.73 Å². The zero-order chi connectivity index (χ0) is 14.4. The van der Waals surface area contributed by atoms with Crippen LogP contribution in [-0.2, 0) is 17.7 Å². The molecule has 0 saturated heterocycles. The highest BCUT2D eigenvalue weighted by atomic mass is 16.5. The maximum absolute atomic E-state index is 6.56. The number of ether oxygens (including phenoxy) is 1. The van der Waals surface area contributed by atoms with Gasteiger partial charge in [0.2, 0.25) is 0 Å². The zero-order valence-corrected chi connectivity index (χ0v) is 13.0. The molecule has 0 radical (unpaired) electrons. The Morgan fingerprint density at radius 3 is 2.55 bits per heavy atom. The van der Waals surface area contributed by atoms with Gasteiger partial charge in [-0.3, -0.25) is 4.68 Å². The Kier molecular flexibility index (Phi) is 5.61. The molecule has 1 aliphatic carbocycles. The number of nitrogens with two attached hydrogens (primary N) is 1. The molecule has 0 aliphatic heterocycles. The van der Waals surface area contributed by atoms with Crippen LogP contribution in [0.15, 0.2) is 12.4 Å². The minimum Gasteiger partial charge on any atom is -0.374 e. The van der Waals surface area contributed by atoms with Crippen LogP contribution in [0.3, 0.4) is 0 Å². The lowest BCUT2D eigenvalue weighted by Gasteiger charge is -2.38. The molecule has 1 atom stereocenters.